The van der Waals surface area contributed by atoms with E-state index in [4.69, 9.17) is 9.47 Å². The number of urea groups is 1. The van der Waals surface area contributed by atoms with Gasteiger partial charge >= 0.3 is 6.03 Å². The van der Waals surface area contributed by atoms with Gasteiger partial charge in [-0.15, -0.1) is 6.58 Å². The number of ether oxygens (including phenoxy) is 2. The number of amides is 4. The van der Waals surface area contributed by atoms with E-state index in [1.165, 1.54) is 13.2 Å². The summed E-state index contributed by atoms with van der Waals surface area (Å²) in [5.41, 5.74) is 2.57. The van der Waals surface area contributed by atoms with Crippen LogP contribution in [0.25, 0.3) is 6.08 Å². The van der Waals surface area contributed by atoms with Gasteiger partial charge in [0.25, 0.3) is 11.8 Å². The highest BCUT2D eigenvalue weighted by molar-refractivity contribution is 6.39. The molecule has 1 aliphatic heterocycles. The molecular weight excluding hydrogens is 396 g/mol. The summed E-state index contributed by atoms with van der Waals surface area (Å²) in [6, 6.07) is 9.58. The van der Waals surface area contributed by atoms with Crippen molar-refractivity contribution in [2.45, 2.75) is 20.3 Å². The summed E-state index contributed by atoms with van der Waals surface area (Å²) in [6.45, 7) is 7.99. The van der Waals surface area contributed by atoms with Crippen LogP contribution in [0.1, 0.15) is 23.6 Å². The molecule has 3 rings (SSSR count). The van der Waals surface area contributed by atoms with E-state index in [1.807, 2.05) is 13.8 Å². The van der Waals surface area contributed by atoms with Crippen molar-refractivity contribution in [2.75, 3.05) is 18.6 Å². The quantitative estimate of drug-likeness (QED) is 0.418. The third kappa shape index (κ3) is 4.50. The maximum Gasteiger partial charge on any atom is 0.335 e. The molecule has 0 saturated carbocycles. The molecular formula is C24H24N2O5. The first-order chi connectivity index (χ1) is 14.9. The third-order valence-corrected chi connectivity index (χ3v) is 4.73. The Morgan fingerprint density at radius 2 is 1.84 bits per heavy atom. The van der Waals surface area contributed by atoms with Gasteiger partial charge in [0.2, 0.25) is 0 Å². The summed E-state index contributed by atoms with van der Waals surface area (Å²) in [5, 5.41) is 2.23. The van der Waals surface area contributed by atoms with Crippen molar-refractivity contribution in [3.8, 4) is 11.5 Å². The maximum atomic E-state index is 13.1. The first-order valence-corrected chi connectivity index (χ1v) is 9.82. The Labute approximate surface area is 181 Å². The first kappa shape index (κ1) is 21.8. The predicted molar refractivity (Wildman–Crippen MR) is 118 cm³/mol. The molecule has 1 heterocycles. The molecule has 1 saturated heterocycles. The van der Waals surface area contributed by atoms with Crippen LogP contribution in [-0.2, 0) is 16.0 Å². The molecule has 0 bridgehead atoms. The van der Waals surface area contributed by atoms with E-state index in [1.54, 1.807) is 42.5 Å². The number of allylic oxidation sites excluding steroid dienone is 1. The van der Waals surface area contributed by atoms with Crippen molar-refractivity contribution < 1.29 is 23.9 Å². The van der Waals surface area contributed by atoms with E-state index in [-0.39, 0.29) is 5.57 Å². The van der Waals surface area contributed by atoms with Gasteiger partial charge in [0.15, 0.2) is 11.5 Å². The monoisotopic (exact) mass is 420 g/mol. The topological polar surface area (TPSA) is 84.9 Å². The molecule has 0 atom stereocenters. The zero-order valence-electron chi connectivity index (χ0n) is 17.7. The minimum Gasteiger partial charge on any atom is -0.493 e. The first-order valence-electron chi connectivity index (χ1n) is 9.82. The number of rotatable bonds is 7. The zero-order chi connectivity index (χ0) is 22.5. The molecule has 4 amide bonds. The molecule has 2 aromatic carbocycles. The van der Waals surface area contributed by atoms with Crippen molar-refractivity contribution in [3.63, 3.8) is 0 Å². The van der Waals surface area contributed by atoms with Crippen molar-refractivity contribution in [2.24, 2.45) is 0 Å². The summed E-state index contributed by atoms with van der Waals surface area (Å²) in [5.74, 6) is -0.390. The molecule has 0 spiro atoms. The van der Waals surface area contributed by atoms with Crippen LogP contribution in [0, 0.1) is 6.92 Å². The molecule has 0 aliphatic carbocycles. The fourth-order valence-corrected chi connectivity index (χ4v) is 3.29. The van der Waals surface area contributed by atoms with Crippen LogP contribution < -0.4 is 19.7 Å². The molecule has 0 unspecified atom stereocenters. The second-order valence-corrected chi connectivity index (χ2v) is 6.93. The van der Waals surface area contributed by atoms with E-state index in [9.17, 15) is 14.4 Å². The van der Waals surface area contributed by atoms with Crippen LogP contribution in [0.3, 0.4) is 0 Å². The molecule has 1 N–H and O–H groups in total. The smallest absolute Gasteiger partial charge is 0.335 e. The number of aryl methyl sites for hydroxylation is 1. The molecule has 2 aromatic rings. The van der Waals surface area contributed by atoms with Gasteiger partial charge in [-0.3, -0.25) is 14.9 Å². The summed E-state index contributed by atoms with van der Waals surface area (Å²) >= 11 is 0. The van der Waals surface area contributed by atoms with Crippen molar-refractivity contribution >= 4 is 29.6 Å². The van der Waals surface area contributed by atoms with Gasteiger partial charge in [0, 0.05) is 5.56 Å². The number of carbonyl (C=O) groups excluding carboxylic acids is 3. The summed E-state index contributed by atoms with van der Waals surface area (Å²) in [7, 11) is 1.52. The summed E-state index contributed by atoms with van der Waals surface area (Å²) in [4.78, 5) is 38.8. The van der Waals surface area contributed by atoms with Crippen LogP contribution in [0.4, 0.5) is 10.5 Å². The average Bonchev–Trinajstić information content (AvgIpc) is 2.74. The Balaban J connectivity index is 2.06. The van der Waals surface area contributed by atoms with Crippen molar-refractivity contribution in [1.29, 1.82) is 0 Å². The number of nitrogens with zero attached hydrogens (tertiary/aromatic N) is 1. The van der Waals surface area contributed by atoms with E-state index in [2.05, 4.69) is 11.9 Å². The number of hydrogen-bond donors (Lipinski definition) is 1. The van der Waals surface area contributed by atoms with Gasteiger partial charge in [0.05, 0.1) is 19.4 Å². The second kappa shape index (κ2) is 9.30. The fraction of sp³-hybridized carbons (Fsp3) is 0.208. The molecule has 7 heteroatoms. The lowest BCUT2D eigenvalue weighted by atomic mass is 10.0. The molecule has 1 aliphatic rings. The standard InChI is InChI=1S/C24H24N2O5/c1-5-7-17-12-16(14-20(30-4)21(17)31-6-2)13-19-22(27)25-24(29)26(23(19)28)18-10-8-15(3)9-11-18/h5,8-14H,1,6-7H2,2-4H3,(H,25,27,29)/b19-13+. The van der Waals surface area contributed by atoms with Crippen LogP contribution in [0.5, 0.6) is 11.5 Å². The minimum atomic E-state index is -0.785. The summed E-state index contributed by atoms with van der Waals surface area (Å²) < 4.78 is 11.2. The lowest BCUT2D eigenvalue weighted by Crippen LogP contribution is -2.54. The van der Waals surface area contributed by atoms with E-state index < -0.39 is 17.8 Å². The van der Waals surface area contributed by atoms with E-state index in [0.29, 0.717) is 35.8 Å². The maximum absolute atomic E-state index is 13.1. The lowest BCUT2D eigenvalue weighted by molar-refractivity contribution is -0.122. The van der Waals surface area contributed by atoms with Gasteiger partial charge in [-0.2, -0.15) is 0 Å². The number of hydrogen-bond acceptors (Lipinski definition) is 5. The normalized spacial score (nSPS) is 15.1. The zero-order valence-corrected chi connectivity index (χ0v) is 17.7. The third-order valence-electron chi connectivity index (χ3n) is 4.73. The van der Waals surface area contributed by atoms with Crippen LogP contribution in [-0.4, -0.2) is 31.6 Å². The number of nitrogens with one attached hydrogen (secondary N) is 1. The highest BCUT2D eigenvalue weighted by Crippen LogP contribution is 2.34. The van der Waals surface area contributed by atoms with E-state index >= 15 is 0 Å². The Morgan fingerprint density at radius 3 is 2.45 bits per heavy atom. The highest BCUT2D eigenvalue weighted by Gasteiger charge is 2.36. The fourth-order valence-electron chi connectivity index (χ4n) is 3.29. The van der Waals surface area contributed by atoms with Gasteiger partial charge < -0.3 is 9.47 Å². The summed E-state index contributed by atoms with van der Waals surface area (Å²) in [6.07, 6.45) is 3.68. The Bertz CT molecular complexity index is 1070. The number of carbonyl (C=O) groups is 3. The van der Waals surface area contributed by atoms with Crippen LogP contribution >= 0.6 is 0 Å². The molecule has 31 heavy (non-hydrogen) atoms. The van der Waals surface area contributed by atoms with Crippen molar-refractivity contribution in [3.05, 3.63) is 71.3 Å². The van der Waals surface area contributed by atoms with Gasteiger partial charge in [-0.1, -0.05) is 23.8 Å². The number of benzene rings is 2. The van der Waals surface area contributed by atoms with Crippen LogP contribution in [0.2, 0.25) is 0 Å². The molecule has 0 aromatic heterocycles. The Morgan fingerprint density at radius 1 is 1.13 bits per heavy atom. The predicted octanol–water partition coefficient (Wildman–Crippen LogP) is 3.80. The molecule has 7 nitrogen and oxygen atoms in total. The Kier molecular flexibility index (Phi) is 6.55. The molecule has 1 fully saturated rings. The van der Waals surface area contributed by atoms with Gasteiger partial charge in [-0.25, -0.2) is 9.69 Å². The molecule has 0 radical (unpaired) electrons. The number of anilines is 1. The second-order valence-electron chi connectivity index (χ2n) is 6.93. The number of imide groups is 2. The highest BCUT2D eigenvalue weighted by atomic mass is 16.5. The van der Waals surface area contributed by atoms with E-state index in [0.717, 1.165) is 16.0 Å². The average molecular weight is 420 g/mol. The van der Waals surface area contributed by atoms with Gasteiger partial charge in [0.1, 0.15) is 5.57 Å². The number of barbiturate groups is 1. The van der Waals surface area contributed by atoms with Gasteiger partial charge in [-0.05, 0) is 56.2 Å². The molecule has 160 valence electrons. The van der Waals surface area contributed by atoms with Crippen molar-refractivity contribution in [1.82, 2.24) is 5.32 Å². The largest absolute Gasteiger partial charge is 0.493 e. The SMILES string of the molecule is C=CCc1cc(/C=C2\C(=O)NC(=O)N(c3ccc(C)cc3)C2=O)cc(OC)c1OCC. The van der Waals surface area contributed by atoms with Crippen LogP contribution in [0.15, 0.2) is 54.6 Å². The lowest BCUT2D eigenvalue weighted by Gasteiger charge is -2.26. The number of methoxy groups -OCH3 is 1. The minimum absolute atomic E-state index is 0.157. The Hall–Kier alpha value is -3.87.